The highest BCUT2D eigenvalue weighted by molar-refractivity contribution is 9.10. The summed E-state index contributed by atoms with van der Waals surface area (Å²) in [6.45, 7) is 1.69. The lowest BCUT2D eigenvalue weighted by Gasteiger charge is -2.10. The third-order valence-corrected chi connectivity index (χ3v) is 5.39. The zero-order chi connectivity index (χ0) is 15.6. The molecule has 0 unspecified atom stereocenters. The van der Waals surface area contributed by atoms with Crippen molar-refractivity contribution in [1.29, 1.82) is 5.26 Å². The highest BCUT2D eigenvalue weighted by Crippen LogP contribution is 2.27. The van der Waals surface area contributed by atoms with Crippen molar-refractivity contribution in [3.8, 4) is 6.07 Å². The first kappa shape index (κ1) is 15.8. The van der Waals surface area contributed by atoms with Crippen LogP contribution < -0.4 is 4.72 Å². The summed E-state index contributed by atoms with van der Waals surface area (Å²) in [6.07, 6.45) is 0. The first-order valence-corrected chi connectivity index (χ1v) is 8.47. The van der Waals surface area contributed by atoms with Crippen LogP contribution in [0.3, 0.4) is 0 Å². The van der Waals surface area contributed by atoms with Crippen LogP contribution in [-0.2, 0) is 10.0 Å². The second kappa shape index (κ2) is 6.06. The standard InChI is InChI=1S/C14H10BrClN2O2S/c1-9-6-12(4-2-10(9)8-17)21(19,20)18-11-3-5-14(16)13(15)7-11/h2-7,18H,1H3. The number of benzene rings is 2. The van der Waals surface area contributed by atoms with Gasteiger partial charge < -0.3 is 0 Å². The lowest BCUT2D eigenvalue weighted by Crippen LogP contribution is -2.13. The molecule has 0 radical (unpaired) electrons. The number of nitrogens with zero attached hydrogens (tertiary/aromatic N) is 1. The van der Waals surface area contributed by atoms with Crippen LogP contribution in [0.25, 0.3) is 0 Å². The zero-order valence-corrected chi connectivity index (χ0v) is 14.1. The van der Waals surface area contributed by atoms with Crippen molar-refractivity contribution in [3.63, 3.8) is 0 Å². The maximum atomic E-state index is 12.3. The van der Waals surface area contributed by atoms with Crippen LogP contribution in [0, 0.1) is 18.3 Å². The Morgan fingerprint density at radius 1 is 1.24 bits per heavy atom. The van der Waals surface area contributed by atoms with Gasteiger partial charge in [-0.3, -0.25) is 4.72 Å². The molecule has 2 rings (SSSR count). The van der Waals surface area contributed by atoms with Crippen LogP contribution in [0.15, 0.2) is 45.8 Å². The molecule has 0 aliphatic rings. The monoisotopic (exact) mass is 384 g/mol. The molecule has 0 amide bonds. The molecule has 0 atom stereocenters. The molecule has 0 saturated heterocycles. The van der Waals surface area contributed by atoms with Crippen LogP contribution >= 0.6 is 27.5 Å². The fraction of sp³-hybridized carbons (Fsp3) is 0.0714. The fourth-order valence-corrected chi connectivity index (χ4v) is 3.33. The number of nitrogens with one attached hydrogen (secondary N) is 1. The number of nitriles is 1. The van der Waals surface area contributed by atoms with E-state index in [-0.39, 0.29) is 4.90 Å². The van der Waals surface area contributed by atoms with Crippen molar-refractivity contribution in [3.05, 3.63) is 57.0 Å². The molecule has 0 heterocycles. The Balaban J connectivity index is 2.36. The summed E-state index contributed by atoms with van der Waals surface area (Å²) < 4.78 is 27.7. The molecule has 0 aliphatic carbocycles. The number of aryl methyl sites for hydroxylation is 1. The van der Waals surface area contributed by atoms with Gasteiger partial charge in [0.1, 0.15) is 0 Å². The summed E-state index contributed by atoms with van der Waals surface area (Å²) in [5.74, 6) is 0. The van der Waals surface area contributed by atoms with Crippen LogP contribution in [-0.4, -0.2) is 8.42 Å². The van der Waals surface area contributed by atoms with E-state index in [1.54, 1.807) is 25.1 Å². The highest BCUT2D eigenvalue weighted by atomic mass is 79.9. The van der Waals surface area contributed by atoms with Crippen molar-refractivity contribution >= 4 is 43.2 Å². The van der Waals surface area contributed by atoms with E-state index in [1.165, 1.54) is 18.2 Å². The van der Waals surface area contributed by atoms with E-state index < -0.39 is 10.0 Å². The van der Waals surface area contributed by atoms with Gasteiger partial charge in [0.2, 0.25) is 0 Å². The minimum absolute atomic E-state index is 0.102. The summed E-state index contributed by atoms with van der Waals surface area (Å²) in [7, 11) is -3.71. The van der Waals surface area contributed by atoms with E-state index in [4.69, 9.17) is 16.9 Å². The molecule has 0 aliphatic heterocycles. The lowest BCUT2D eigenvalue weighted by atomic mass is 10.1. The molecule has 2 aromatic rings. The fourth-order valence-electron chi connectivity index (χ4n) is 1.70. The maximum Gasteiger partial charge on any atom is 0.261 e. The van der Waals surface area contributed by atoms with Gasteiger partial charge in [0.15, 0.2) is 0 Å². The molecule has 108 valence electrons. The van der Waals surface area contributed by atoms with E-state index in [1.807, 2.05) is 6.07 Å². The van der Waals surface area contributed by atoms with Gasteiger partial charge in [-0.25, -0.2) is 8.42 Å². The molecular formula is C14H10BrClN2O2S. The number of hydrogen-bond acceptors (Lipinski definition) is 3. The van der Waals surface area contributed by atoms with Gasteiger partial charge >= 0.3 is 0 Å². The Labute approximate surface area is 136 Å². The molecule has 0 bridgehead atoms. The molecule has 21 heavy (non-hydrogen) atoms. The second-order valence-corrected chi connectivity index (χ2v) is 7.27. The number of rotatable bonds is 3. The van der Waals surface area contributed by atoms with E-state index in [0.29, 0.717) is 26.3 Å². The van der Waals surface area contributed by atoms with Crippen molar-refractivity contribution in [2.45, 2.75) is 11.8 Å². The summed E-state index contributed by atoms with van der Waals surface area (Å²) in [5, 5.41) is 9.36. The van der Waals surface area contributed by atoms with Gasteiger partial charge in [-0.05, 0) is 64.8 Å². The van der Waals surface area contributed by atoms with Gasteiger partial charge in [-0.2, -0.15) is 5.26 Å². The number of hydrogen-bond donors (Lipinski definition) is 1. The minimum Gasteiger partial charge on any atom is -0.280 e. The first-order valence-electron chi connectivity index (χ1n) is 5.82. The Hall–Kier alpha value is -1.55. The van der Waals surface area contributed by atoms with Gasteiger partial charge in [-0.15, -0.1) is 0 Å². The molecule has 0 saturated carbocycles. The van der Waals surface area contributed by atoms with E-state index in [9.17, 15) is 8.42 Å². The van der Waals surface area contributed by atoms with Crippen molar-refractivity contribution in [2.24, 2.45) is 0 Å². The van der Waals surface area contributed by atoms with E-state index >= 15 is 0 Å². The van der Waals surface area contributed by atoms with E-state index in [0.717, 1.165) is 0 Å². The average Bonchev–Trinajstić information content (AvgIpc) is 2.42. The Morgan fingerprint density at radius 3 is 2.52 bits per heavy atom. The smallest absolute Gasteiger partial charge is 0.261 e. The summed E-state index contributed by atoms with van der Waals surface area (Å²) >= 11 is 9.11. The topological polar surface area (TPSA) is 70.0 Å². The zero-order valence-electron chi connectivity index (χ0n) is 10.9. The molecule has 0 fully saturated rings. The number of sulfonamides is 1. The highest BCUT2D eigenvalue weighted by Gasteiger charge is 2.15. The molecule has 0 aromatic heterocycles. The third-order valence-electron chi connectivity index (χ3n) is 2.80. The van der Waals surface area contributed by atoms with Crippen LogP contribution in [0.1, 0.15) is 11.1 Å². The first-order chi connectivity index (χ1) is 9.83. The Morgan fingerprint density at radius 2 is 1.95 bits per heavy atom. The molecule has 2 aromatic carbocycles. The molecular weight excluding hydrogens is 376 g/mol. The molecule has 0 spiro atoms. The SMILES string of the molecule is Cc1cc(S(=O)(=O)Nc2ccc(Cl)c(Br)c2)ccc1C#N. The van der Waals surface area contributed by atoms with Gasteiger partial charge in [-0.1, -0.05) is 11.6 Å². The minimum atomic E-state index is -3.71. The predicted molar refractivity (Wildman–Crippen MR) is 85.9 cm³/mol. The van der Waals surface area contributed by atoms with Crippen LogP contribution in [0.4, 0.5) is 5.69 Å². The van der Waals surface area contributed by atoms with Crippen LogP contribution in [0.5, 0.6) is 0 Å². The quantitative estimate of drug-likeness (QED) is 0.865. The second-order valence-electron chi connectivity index (χ2n) is 4.32. The third kappa shape index (κ3) is 3.56. The lowest BCUT2D eigenvalue weighted by molar-refractivity contribution is 0.601. The van der Waals surface area contributed by atoms with Gasteiger partial charge in [0.25, 0.3) is 10.0 Å². The van der Waals surface area contributed by atoms with Crippen molar-refractivity contribution in [1.82, 2.24) is 0 Å². The molecule has 1 N–H and O–H groups in total. The van der Waals surface area contributed by atoms with Crippen molar-refractivity contribution in [2.75, 3.05) is 4.72 Å². The molecule has 7 heteroatoms. The van der Waals surface area contributed by atoms with Gasteiger partial charge in [0.05, 0.1) is 27.2 Å². The van der Waals surface area contributed by atoms with Crippen molar-refractivity contribution < 1.29 is 8.42 Å². The van der Waals surface area contributed by atoms with Crippen LogP contribution in [0.2, 0.25) is 5.02 Å². The largest absolute Gasteiger partial charge is 0.280 e. The number of halogens is 2. The summed E-state index contributed by atoms with van der Waals surface area (Å²) in [4.78, 5) is 0.102. The Bertz CT molecular complexity index is 845. The summed E-state index contributed by atoms with van der Waals surface area (Å²) in [5.41, 5.74) is 1.45. The maximum absolute atomic E-state index is 12.3. The number of anilines is 1. The normalized spacial score (nSPS) is 11.0. The average molecular weight is 386 g/mol. The predicted octanol–water partition coefficient (Wildman–Crippen LogP) is 4.08. The Kier molecular flexibility index (Phi) is 4.57. The van der Waals surface area contributed by atoms with E-state index in [2.05, 4.69) is 20.7 Å². The van der Waals surface area contributed by atoms with Gasteiger partial charge in [0, 0.05) is 4.47 Å². The molecule has 4 nitrogen and oxygen atoms in total. The summed E-state index contributed by atoms with van der Waals surface area (Å²) in [6, 6.07) is 11.1.